The average Bonchev–Trinajstić information content (AvgIpc) is 2.94. The minimum Gasteiger partial charge on any atom is -0.493 e. The molecule has 39 heavy (non-hydrogen) atoms. The maximum atomic E-state index is 13.6. The van der Waals surface area contributed by atoms with Crippen LogP contribution in [-0.2, 0) is 16.1 Å². The monoisotopic (exact) mass is 534 g/mol. The molecule has 3 aromatic rings. The number of nitrogens with one attached hydrogen (secondary N) is 3. The van der Waals surface area contributed by atoms with Gasteiger partial charge in [-0.2, -0.15) is 0 Å². The fourth-order valence-corrected chi connectivity index (χ4v) is 3.87. The number of unbranched alkanes of at least 4 members (excludes halogenated alkanes) is 1. The first-order chi connectivity index (χ1) is 18.8. The van der Waals surface area contributed by atoms with Gasteiger partial charge in [-0.15, -0.1) is 0 Å². The van der Waals surface area contributed by atoms with Crippen molar-refractivity contribution in [1.82, 2.24) is 5.32 Å². The van der Waals surface area contributed by atoms with Crippen LogP contribution in [0.25, 0.3) is 0 Å². The fraction of sp³-hybridized carbons (Fsp3) is 0.276. The Morgan fingerprint density at radius 1 is 0.949 bits per heavy atom. The number of hydrogen-bond acceptors (Lipinski definition) is 7. The number of ether oxygens (including phenoxy) is 3. The van der Waals surface area contributed by atoms with E-state index in [1.807, 2.05) is 30.3 Å². The van der Waals surface area contributed by atoms with E-state index in [2.05, 4.69) is 10.6 Å². The molecule has 10 heteroatoms. The highest BCUT2D eigenvalue weighted by molar-refractivity contribution is 5.95. The second kappa shape index (κ2) is 14.3. The molecule has 0 aliphatic carbocycles. The Balaban J connectivity index is 1.95. The highest BCUT2D eigenvalue weighted by Gasteiger charge is 2.27. The molecular weight excluding hydrogens is 500 g/mol. The number of rotatable bonds is 15. The van der Waals surface area contributed by atoms with Crippen molar-refractivity contribution in [2.45, 2.75) is 31.8 Å². The van der Waals surface area contributed by atoms with E-state index < -0.39 is 12.0 Å². The van der Waals surface area contributed by atoms with Gasteiger partial charge in [-0.05, 0) is 48.7 Å². The van der Waals surface area contributed by atoms with Crippen molar-refractivity contribution in [1.29, 1.82) is 5.41 Å². The molecule has 206 valence electrons. The summed E-state index contributed by atoms with van der Waals surface area (Å²) in [7, 11) is 3.01. The number of nitrogen functional groups attached to an aromatic ring is 1. The Morgan fingerprint density at radius 3 is 2.23 bits per heavy atom. The van der Waals surface area contributed by atoms with Gasteiger partial charge in [-0.25, -0.2) is 0 Å². The van der Waals surface area contributed by atoms with Gasteiger partial charge >= 0.3 is 5.97 Å². The lowest BCUT2D eigenvalue weighted by atomic mass is 10.0. The van der Waals surface area contributed by atoms with Crippen LogP contribution in [0.3, 0.4) is 0 Å². The molecular formula is C29H34N4O6. The highest BCUT2D eigenvalue weighted by atomic mass is 16.5. The third-order valence-electron chi connectivity index (χ3n) is 5.95. The largest absolute Gasteiger partial charge is 0.493 e. The van der Waals surface area contributed by atoms with E-state index in [0.717, 1.165) is 5.56 Å². The molecule has 0 fully saturated rings. The lowest BCUT2D eigenvalue weighted by Crippen LogP contribution is -2.33. The third kappa shape index (κ3) is 8.39. The Hall–Kier alpha value is -4.73. The number of carboxylic acid groups (broad SMARTS) is 1. The van der Waals surface area contributed by atoms with E-state index in [1.165, 1.54) is 14.2 Å². The average molecular weight is 535 g/mol. The van der Waals surface area contributed by atoms with Crippen molar-refractivity contribution >= 4 is 23.4 Å². The van der Waals surface area contributed by atoms with Crippen LogP contribution in [0.15, 0.2) is 66.7 Å². The first-order valence-corrected chi connectivity index (χ1v) is 12.5. The second-order valence-corrected chi connectivity index (χ2v) is 8.72. The van der Waals surface area contributed by atoms with Gasteiger partial charge in [0.05, 0.1) is 20.8 Å². The Morgan fingerprint density at radius 2 is 1.62 bits per heavy atom. The van der Waals surface area contributed by atoms with E-state index >= 15 is 0 Å². The summed E-state index contributed by atoms with van der Waals surface area (Å²) >= 11 is 0. The molecule has 0 aliphatic heterocycles. The minimum atomic E-state index is -0.897. The summed E-state index contributed by atoms with van der Waals surface area (Å²) in [5.74, 6) is 0.0126. The summed E-state index contributed by atoms with van der Waals surface area (Å²) in [6, 6.07) is 18.9. The van der Waals surface area contributed by atoms with Crippen LogP contribution in [0.2, 0.25) is 0 Å². The first kappa shape index (κ1) is 28.8. The van der Waals surface area contributed by atoms with E-state index in [9.17, 15) is 9.59 Å². The number of carbonyl (C=O) groups is 2. The number of nitrogens with two attached hydrogens (primary N) is 1. The van der Waals surface area contributed by atoms with E-state index in [1.54, 1.807) is 36.4 Å². The van der Waals surface area contributed by atoms with Crippen molar-refractivity contribution in [3.05, 3.63) is 83.4 Å². The number of methoxy groups -OCH3 is 2. The molecule has 3 aromatic carbocycles. The second-order valence-electron chi connectivity index (χ2n) is 8.72. The molecule has 3 rings (SSSR count). The van der Waals surface area contributed by atoms with Crippen LogP contribution >= 0.6 is 0 Å². The van der Waals surface area contributed by atoms with Crippen molar-refractivity contribution in [3.8, 4) is 17.2 Å². The number of benzene rings is 3. The van der Waals surface area contributed by atoms with Crippen molar-refractivity contribution in [3.63, 3.8) is 0 Å². The molecule has 10 nitrogen and oxygen atoms in total. The molecule has 0 spiro atoms. The zero-order chi connectivity index (χ0) is 28.2. The lowest BCUT2D eigenvalue weighted by Gasteiger charge is -2.24. The lowest BCUT2D eigenvalue weighted by molar-refractivity contribution is -0.137. The molecule has 0 aromatic heterocycles. The summed E-state index contributed by atoms with van der Waals surface area (Å²) in [5, 5.41) is 22.8. The number of carbonyl (C=O) groups excluding carboxylic acids is 1. The number of hydrogen-bond donors (Lipinski definition) is 5. The van der Waals surface area contributed by atoms with E-state index in [4.69, 9.17) is 30.5 Å². The van der Waals surface area contributed by atoms with Crippen molar-refractivity contribution < 1.29 is 28.9 Å². The zero-order valence-corrected chi connectivity index (χ0v) is 22.0. The molecule has 0 aliphatic rings. The van der Waals surface area contributed by atoms with Crippen molar-refractivity contribution in [2.24, 2.45) is 5.73 Å². The van der Waals surface area contributed by atoms with Gasteiger partial charge in [-0.3, -0.25) is 15.0 Å². The van der Waals surface area contributed by atoms with E-state index in [0.29, 0.717) is 53.4 Å². The van der Waals surface area contributed by atoms with Gasteiger partial charge in [0.15, 0.2) is 11.5 Å². The minimum absolute atomic E-state index is 0.0461. The van der Waals surface area contributed by atoms with Crippen LogP contribution in [0.5, 0.6) is 17.2 Å². The van der Waals surface area contributed by atoms with Gasteiger partial charge in [0.25, 0.3) is 0 Å². The topological polar surface area (TPSA) is 156 Å². The molecule has 0 radical (unpaired) electrons. The molecule has 6 N–H and O–H groups in total. The van der Waals surface area contributed by atoms with Gasteiger partial charge in [0.1, 0.15) is 17.6 Å². The Kier molecular flexibility index (Phi) is 10.6. The predicted octanol–water partition coefficient (Wildman–Crippen LogP) is 4.09. The summed E-state index contributed by atoms with van der Waals surface area (Å²) in [6.07, 6.45) is 1.02. The highest BCUT2D eigenvalue weighted by Crippen LogP contribution is 2.39. The maximum Gasteiger partial charge on any atom is 0.303 e. The Labute approximate surface area is 227 Å². The molecule has 0 saturated heterocycles. The number of aliphatic carboxylic acids is 1. The number of amides is 1. The summed E-state index contributed by atoms with van der Waals surface area (Å²) in [5.41, 5.74) is 8.22. The predicted molar refractivity (Wildman–Crippen MR) is 149 cm³/mol. The van der Waals surface area contributed by atoms with E-state index in [-0.39, 0.29) is 24.8 Å². The number of amidine groups is 1. The number of carboxylic acids is 1. The normalized spacial score (nSPS) is 11.2. The van der Waals surface area contributed by atoms with Crippen molar-refractivity contribution in [2.75, 3.05) is 26.1 Å². The zero-order valence-electron chi connectivity index (χ0n) is 22.0. The summed E-state index contributed by atoms with van der Waals surface area (Å²) < 4.78 is 17.0. The standard InChI is InChI=1S/C29H34N4O6/c1-37-24-16-22(23(17-25(24)38-2)39-15-7-6-10-26(34)35)27(29(36)32-18-19-8-4-3-5-9-19)33-21-13-11-20(12-14-21)28(30)31/h3-5,8-9,11-14,16-17,27,33H,6-7,10,15,18H2,1-2H3,(H3,30,31)(H,32,36)(H,34,35). The molecule has 1 amide bonds. The Bertz CT molecular complexity index is 1260. The summed E-state index contributed by atoms with van der Waals surface area (Å²) in [6.45, 7) is 0.571. The quantitative estimate of drug-likeness (QED) is 0.111. The molecule has 0 heterocycles. The summed E-state index contributed by atoms with van der Waals surface area (Å²) in [4.78, 5) is 24.5. The molecule has 0 bridgehead atoms. The molecule has 0 saturated carbocycles. The number of anilines is 1. The van der Waals surface area contributed by atoms with Gasteiger partial charge < -0.3 is 35.7 Å². The van der Waals surface area contributed by atoms with Gasteiger partial charge in [0, 0.05) is 35.8 Å². The van der Waals surface area contributed by atoms with Gasteiger partial charge in [-0.1, -0.05) is 30.3 Å². The third-order valence-corrected chi connectivity index (χ3v) is 5.95. The smallest absolute Gasteiger partial charge is 0.303 e. The first-order valence-electron chi connectivity index (χ1n) is 12.5. The molecule has 1 unspecified atom stereocenters. The van der Waals surface area contributed by atoms with Crippen LogP contribution in [0.1, 0.15) is 42.0 Å². The SMILES string of the molecule is COc1cc(OCCCCC(=O)O)c(C(Nc2ccc(C(=N)N)cc2)C(=O)NCc2ccccc2)cc1OC. The molecule has 1 atom stereocenters. The van der Waals surface area contributed by atoms with Crippen LogP contribution < -0.4 is 30.6 Å². The van der Waals surface area contributed by atoms with Crippen LogP contribution in [0, 0.1) is 5.41 Å². The van der Waals surface area contributed by atoms with Gasteiger partial charge in [0.2, 0.25) is 5.91 Å². The van der Waals surface area contributed by atoms with Crippen LogP contribution in [-0.4, -0.2) is 43.6 Å². The fourth-order valence-electron chi connectivity index (χ4n) is 3.87. The maximum absolute atomic E-state index is 13.6. The van der Waals surface area contributed by atoms with Crippen LogP contribution in [0.4, 0.5) is 5.69 Å².